The van der Waals surface area contributed by atoms with Crippen LogP contribution in [0.25, 0.3) is 82.4 Å². The molecule has 3 nitrogen and oxygen atoms in total. The van der Waals surface area contributed by atoms with Crippen LogP contribution in [0.3, 0.4) is 0 Å². The van der Waals surface area contributed by atoms with E-state index in [-0.39, 0.29) is 35.4 Å². The molecule has 1 heterocycles. The molecular formula is C75H49N3. The third kappa shape index (κ3) is 6.58. The van der Waals surface area contributed by atoms with E-state index in [4.69, 9.17) is 0 Å². The van der Waals surface area contributed by atoms with E-state index in [0.29, 0.717) is 5.56 Å². The number of fused-ring (bicyclic) bond motifs is 15. The molecule has 1 aromatic heterocycles. The fraction of sp³-hybridized carbons (Fsp3) is 0.0133. The highest BCUT2D eigenvalue weighted by molar-refractivity contribution is 6.11. The first-order valence-corrected chi connectivity index (χ1v) is 26.7. The highest BCUT2D eigenvalue weighted by atomic mass is 15.1. The Morgan fingerprint density at radius 1 is 0.295 bits per heavy atom. The van der Waals surface area contributed by atoms with E-state index in [1.807, 2.05) is 83.8 Å². The maximum atomic E-state index is 9.79. The molecule has 0 fully saturated rings. The van der Waals surface area contributed by atoms with Gasteiger partial charge in [0.1, 0.15) is 0 Å². The molecule has 13 aromatic carbocycles. The van der Waals surface area contributed by atoms with Crippen LogP contribution in [0.4, 0.5) is 34.1 Å². The quantitative estimate of drug-likeness (QED) is 0.150. The summed E-state index contributed by atoms with van der Waals surface area (Å²) in [5.41, 5.74) is 18.3. The van der Waals surface area contributed by atoms with Gasteiger partial charge in [-0.3, -0.25) is 0 Å². The van der Waals surface area contributed by atoms with Crippen molar-refractivity contribution in [2.45, 2.75) is 5.41 Å². The van der Waals surface area contributed by atoms with E-state index in [1.165, 1.54) is 44.5 Å². The van der Waals surface area contributed by atoms with Gasteiger partial charge >= 0.3 is 0 Å². The molecule has 0 bridgehead atoms. The monoisotopic (exact) mass is 995 g/mol. The third-order valence-electron chi connectivity index (χ3n) is 16.4. The summed E-state index contributed by atoms with van der Waals surface area (Å²) in [4.78, 5) is 4.26. The van der Waals surface area contributed by atoms with Gasteiger partial charge in [-0.1, -0.05) is 200 Å². The summed E-state index contributed by atoms with van der Waals surface area (Å²) >= 11 is 0. The van der Waals surface area contributed by atoms with E-state index < -0.39 is 5.41 Å². The lowest BCUT2D eigenvalue weighted by Gasteiger charge is -2.32. The summed E-state index contributed by atoms with van der Waals surface area (Å²) < 4.78 is 41.3. The van der Waals surface area contributed by atoms with Crippen LogP contribution in [-0.4, -0.2) is 4.57 Å². The molecule has 0 N–H and O–H groups in total. The molecule has 16 rings (SSSR count). The first-order chi connectivity index (χ1) is 40.4. The molecule has 78 heavy (non-hydrogen) atoms. The molecule has 0 unspecified atom stereocenters. The Balaban J connectivity index is 0.825. The van der Waals surface area contributed by atoms with Gasteiger partial charge in [-0.05, 0) is 169 Å². The molecule has 364 valence electrons. The van der Waals surface area contributed by atoms with Crippen molar-refractivity contribution in [2.24, 2.45) is 0 Å². The summed E-state index contributed by atoms with van der Waals surface area (Å²) in [7, 11) is 0. The van der Waals surface area contributed by atoms with Crippen molar-refractivity contribution < 1.29 is 5.48 Å². The van der Waals surface area contributed by atoms with Crippen molar-refractivity contribution in [3.8, 4) is 39.1 Å². The molecule has 3 heteroatoms. The number of para-hydroxylation sites is 3. The first kappa shape index (κ1) is 40.1. The van der Waals surface area contributed by atoms with E-state index in [9.17, 15) is 5.48 Å². The summed E-state index contributed by atoms with van der Waals surface area (Å²) in [6.07, 6.45) is 0. The Labute approximate surface area is 459 Å². The predicted octanol–water partition coefficient (Wildman–Crippen LogP) is 20.0. The van der Waals surface area contributed by atoms with Crippen LogP contribution < -0.4 is 9.80 Å². The number of hydrogen-bond acceptors (Lipinski definition) is 2. The number of aromatic nitrogens is 1. The fourth-order valence-corrected chi connectivity index (χ4v) is 13.1. The molecule has 2 aliphatic rings. The Hall–Kier alpha value is -10.2. The number of hydrogen-bond donors (Lipinski definition) is 0. The van der Waals surface area contributed by atoms with Crippen LogP contribution in [0.1, 0.15) is 27.7 Å². The average molecular weight is 996 g/mol. The topological polar surface area (TPSA) is 11.4 Å². The second kappa shape index (κ2) is 17.4. The highest BCUT2D eigenvalue weighted by Crippen LogP contribution is 2.63. The van der Waals surface area contributed by atoms with Gasteiger partial charge in [0, 0.05) is 50.3 Å². The van der Waals surface area contributed by atoms with Crippen LogP contribution in [0, 0.1) is 0 Å². The van der Waals surface area contributed by atoms with Crippen molar-refractivity contribution in [2.75, 3.05) is 9.80 Å². The summed E-state index contributed by atoms with van der Waals surface area (Å²) in [6.45, 7) is 0. The zero-order valence-electron chi connectivity index (χ0n) is 46.3. The maximum Gasteiger partial charge on any atom is 0.0726 e. The van der Waals surface area contributed by atoms with Crippen LogP contribution in [-0.2, 0) is 5.41 Å². The number of nitrogens with zero attached hydrogens (tertiary/aromatic N) is 3. The van der Waals surface area contributed by atoms with Crippen molar-refractivity contribution >= 4 is 77.5 Å². The van der Waals surface area contributed by atoms with Crippen molar-refractivity contribution in [1.29, 1.82) is 0 Å². The minimum atomic E-state index is -0.512. The molecule has 0 saturated carbocycles. The van der Waals surface area contributed by atoms with Crippen molar-refractivity contribution in [3.05, 3.63) is 319 Å². The van der Waals surface area contributed by atoms with Gasteiger partial charge < -0.3 is 14.4 Å². The lowest BCUT2D eigenvalue weighted by molar-refractivity contribution is 0.793. The van der Waals surface area contributed by atoms with Gasteiger partial charge in [-0.2, -0.15) is 0 Å². The SMILES string of the molecule is [2H]c1c([2H])c(N(c2ccccc2)c2ccc3c(c2)c2ccccc2n3-c2ccccc2)c([2H])c([2H])c1-c1ccc2cc(N(c3ccc4c(c3)C3(c5ccccc5-c5ccccc53)c3ccccc3-4)c3cccc4ccccc34)ccc2c1. The summed E-state index contributed by atoms with van der Waals surface area (Å²) in [6, 6.07) is 95.5. The molecular weight excluding hydrogens is 943 g/mol. The van der Waals surface area contributed by atoms with Crippen LogP contribution in [0.15, 0.2) is 297 Å². The number of anilines is 6. The minimum Gasteiger partial charge on any atom is -0.310 e. The van der Waals surface area contributed by atoms with Gasteiger partial charge in [0.15, 0.2) is 0 Å². The van der Waals surface area contributed by atoms with Crippen molar-refractivity contribution in [1.82, 2.24) is 4.57 Å². The molecule has 14 aromatic rings. The Kier molecular flexibility index (Phi) is 8.97. The summed E-state index contributed by atoms with van der Waals surface area (Å²) in [5.74, 6) is 0. The lowest BCUT2D eigenvalue weighted by atomic mass is 9.70. The largest absolute Gasteiger partial charge is 0.310 e. The zero-order valence-corrected chi connectivity index (χ0v) is 42.3. The lowest BCUT2D eigenvalue weighted by Crippen LogP contribution is -2.26. The van der Waals surface area contributed by atoms with E-state index in [2.05, 4.69) is 204 Å². The van der Waals surface area contributed by atoms with Gasteiger partial charge in [0.25, 0.3) is 0 Å². The van der Waals surface area contributed by atoms with E-state index >= 15 is 0 Å². The molecule has 0 aliphatic heterocycles. The maximum absolute atomic E-state index is 9.79. The number of rotatable bonds is 8. The second-order valence-corrected chi connectivity index (χ2v) is 20.5. The summed E-state index contributed by atoms with van der Waals surface area (Å²) in [5, 5.41) is 6.24. The normalized spacial score (nSPS) is 13.4. The highest BCUT2D eigenvalue weighted by Gasteiger charge is 2.51. The predicted molar refractivity (Wildman–Crippen MR) is 327 cm³/mol. The van der Waals surface area contributed by atoms with Gasteiger partial charge in [0.2, 0.25) is 0 Å². The first-order valence-electron chi connectivity index (χ1n) is 28.7. The fourth-order valence-electron chi connectivity index (χ4n) is 13.1. The Morgan fingerprint density at radius 2 is 0.833 bits per heavy atom. The van der Waals surface area contributed by atoms with Crippen LogP contribution in [0.2, 0.25) is 0 Å². The molecule has 2 aliphatic carbocycles. The van der Waals surface area contributed by atoms with E-state index in [0.717, 1.165) is 77.5 Å². The third-order valence-corrected chi connectivity index (χ3v) is 16.4. The van der Waals surface area contributed by atoms with Crippen LogP contribution >= 0.6 is 0 Å². The van der Waals surface area contributed by atoms with Crippen LogP contribution in [0.5, 0.6) is 0 Å². The average Bonchev–Trinajstić information content (AvgIpc) is 1.99. The molecule has 0 radical (unpaired) electrons. The van der Waals surface area contributed by atoms with Crippen molar-refractivity contribution in [3.63, 3.8) is 0 Å². The minimum absolute atomic E-state index is 0.110. The molecule has 1 spiro atoms. The molecule has 0 atom stereocenters. The Bertz CT molecular complexity index is 4850. The molecule has 0 saturated heterocycles. The molecule has 0 amide bonds. The Morgan fingerprint density at radius 3 is 1.58 bits per heavy atom. The standard InChI is InChI=1S/C75H49N3/c1-3-20-55(21-4-1)76(59-43-45-74-67(48-59)66-28-12-16-32-73(66)78(74)56-22-5-2-6-23-56)57-39-36-50(37-40-57)52-34-35-54-47-58(41-38-53(54)46-52)77(72-33-17-19-51-18-7-8-24-61(51)72)60-42-44-65-64-27-11-15-31-70(64)75(71(65)49-60)68-29-13-9-25-62(68)63-26-10-14-30-69(63)75/h1-49H/i36D,37D,39D,40D. The van der Waals surface area contributed by atoms with Gasteiger partial charge in [-0.25, -0.2) is 0 Å². The van der Waals surface area contributed by atoms with E-state index in [1.54, 1.807) is 0 Å². The van der Waals surface area contributed by atoms with Gasteiger partial charge in [-0.15, -0.1) is 0 Å². The second-order valence-electron chi connectivity index (χ2n) is 20.5. The smallest absolute Gasteiger partial charge is 0.0726 e. The number of benzene rings is 13. The van der Waals surface area contributed by atoms with Gasteiger partial charge in [0.05, 0.1) is 27.6 Å². The zero-order chi connectivity index (χ0) is 54.8.